The third kappa shape index (κ3) is 4.87. The van der Waals surface area contributed by atoms with Crippen molar-refractivity contribution in [1.29, 1.82) is 0 Å². The van der Waals surface area contributed by atoms with E-state index in [2.05, 4.69) is 10.3 Å². The number of carbonyl (C=O) groups is 2. The predicted molar refractivity (Wildman–Crippen MR) is 95.3 cm³/mol. The van der Waals surface area contributed by atoms with E-state index >= 15 is 0 Å². The first-order valence-electron chi connectivity index (χ1n) is 7.81. The van der Waals surface area contributed by atoms with Crippen LogP contribution in [0.3, 0.4) is 0 Å². The van der Waals surface area contributed by atoms with Gasteiger partial charge in [-0.15, -0.1) is 11.3 Å². The van der Waals surface area contributed by atoms with Gasteiger partial charge in [-0.1, -0.05) is 26.0 Å². The van der Waals surface area contributed by atoms with Crippen LogP contribution in [0.2, 0.25) is 0 Å². The normalized spacial score (nSPS) is 10.8. The number of carboxylic acid groups (broad SMARTS) is 1. The second-order valence-electron chi connectivity index (χ2n) is 5.27. The van der Waals surface area contributed by atoms with Gasteiger partial charge < -0.3 is 10.4 Å². The summed E-state index contributed by atoms with van der Waals surface area (Å²) >= 11 is 1.37. The lowest BCUT2D eigenvalue weighted by Gasteiger charge is -2.18. The molecule has 128 valence electrons. The molecule has 0 fully saturated rings. The monoisotopic (exact) mass is 347 g/mol. The Balaban J connectivity index is 2.16. The van der Waals surface area contributed by atoms with Crippen LogP contribution < -0.4 is 5.32 Å². The predicted octanol–water partition coefficient (Wildman–Crippen LogP) is 2.72. The molecule has 0 saturated heterocycles. The van der Waals surface area contributed by atoms with Crippen molar-refractivity contribution in [3.8, 4) is 10.6 Å². The van der Waals surface area contributed by atoms with Crippen LogP contribution in [0.5, 0.6) is 0 Å². The van der Waals surface area contributed by atoms with Crippen LogP contribution in [0, 0.1) is 0 Å². The molecule has 2 aromatic rings. The van der Waals surface area contributed by atoms with Gasteiger partial charge in [0.05, 0.1) is 24.3 Å². The molecule has 0 radical (unpaired) electrons. The first kappa shape index (κ1) is 18.1. The number of para-hydroxylation sites is 1. The van der Waals surface area contributed by atoms with Gasteiger partial charge in [-0.2, -0.15) is 0 Å². The maximum Gasteiger partial charge on any atom is 0.309 e. The molecule has 0 aliphatic heterocycles. The Bertz CT molecular complexity index is 711. The largest absolute Gasteiger partial charge is 0.481 e. The number of carboxylic acids is 1. The van der Waals surface area contributed by atoms with Crippen LogP contribution in [0.15, 0.2) is 29.6 Å². The van der Waals surface area contributed by atoms with E-state index in [1.807, 2.05) is 43.0 Å². The average Bonchev–Trinajstić information content (AvgIpc) is 3.00. The lowest BCUT2D eigenvalue weighted by atomic mass is 10.2. The molecule has 2 N–H and O–H groups in total. The van der Waals surface area contributed by atoms with Gasteiger partial charge in [0, 0.05) is 10.9 Å². The Kier molecular flexibility index (Phi) is 6.45. The first-order chi connectivity index (χ1) is 11.5. The third-order valence-corrected chi connectivity index (χ3v) is 4.50. The molecule has 1 heterocycles. The Hall–Kier alpha value is -2.25. The molecule has 6 nitrogen and oxygen atoms in total. The maximum atomic E-state index is 12.2. The Morgan fingerprint density at radius 1 is 1.25 bits per heavy atom. The van der Waals surface area contributed by atoms with E-state index in [-0.39, 0.29) is 12.3 Å². The lowest BCUT2D eigenvalue weighted by Crippen LogP contribution is -2.33. The number of hydrogen-bond donors (Lipinski definition) is 2. The zero-order chi connectivity index (χ0) is 17.5. The molecule has 0 saturated carbocycles. The minimum Gasteiger partial charge on any atom is -0.481 e. The molecule has 0 unspecified atom stereocenters. The van der Waals surface area contributed by atoms with Crippen LogP contribution in [0.1, 0.15) is 19.5 Å². The average molecular weight is 347 g/mol. The van der Waals surface area contributed by atoms with Crippen LogP contribution in [0.25, 0.3) is 10.6 Å². The molecule has 1 aromatic carbocycles. The van der Waals surface area contributed by atoms with Crippen molar-refractivity contribution >= 4 is 28.9 Å². The number of aromatic nitrogens is 1. The van der Waals surface area contributed by atoms with Crippen LogP contribution in [-0.4, -0.2) is 46.5 Å². The van der Waals surface area contributed by atoms with E-state index in [9.17, 15) is 9.59 Å². The zero-order valence-corrected chi connectivity index (χ0v) is 14.6. The van der Waals surface area contributed by atoms with Gasteiger partial charge in [0.25, 0.3) is 0 Å². The molecule has 0 aliphatic rings. The quantitative estimate of drug-likeness (QED) is 0.767. The maximum absolute atomic E-state index is 12.2. The van der Waals surface area contributed by atoms with Gasteiger partial charge >= 0.3 is 5.97 Å². The molecule has 2 rings (SSSR count). The number of benzene rings is 1. The van der Waals surface area contributed by atoms with Gasteiger partial charge in [-0.3, -0.25) is 14.5 Å². The molecular formula is C17H21N3O3S. The number of hydrogen-bond acceptors (Lipinski definition) is 5. The summed E-state index contributed by atoms with van der Waals surface area (Å²) in [7, 11) is 0. The number of rotatable bonds is 8. The number of thiazole rings is 1. The standard InChI is InChI=1S/C17H21N3O3S/c1-3-20(4-2)10-15(21)19-14-8-6-5-7-13(14)17-18-12(11-24-17)9-16(22)23/h5-8,11H,3-4,9-10H2,1-2H3,(H,19,21)(H,22,23). The number of nitrogens with one attached hydrogen (secondary N) is 1. The zero-order valence-electron chi connectivity index (χ0n) is 13.8. The van der Waals surface area contributed by atoms with E-state index in [1.54, 1.807) is 5.38 Å². The van der Waals surface area contributed by atoms with Crippen molar-refractivity contribution in [3.05, 3.63) is 35.3 Å². The van der Waals surface area contributed by atoms with Gasteiger partial charge in [-0.05, 0) is 25.2 Å². The second-order valence-corrected chi connectivity index (χ2v) is 6.13. The van der Waals surface area contributed by atoms with E-state index in [0.29, 0.717) is 22.9 Å². The van der Waals surface area contributed by atoms with Gasteiger partial charge in [-0.25, -0.2) is 4.98 Å². The Morgan fingerprint density at radius 2 is 1.96 bits per heavy atom. The second kappa shape index (κ2) is 8.56. The Morgan fingerprint density at radius 3 is 2.62 bits per heavy atom. The molecule has 0 atom stereocenters. The van der Waals surface area contributed by atoms with Crippen molar-refractivity contribution in [2.45, 2.75) is 20.3 Å². The topological polar surface area (TPSA) is 82.5 Å². The van der Waals surface area contributed by atoms with Gasteiger partial charge in [0.2, 0.25) is 5.91 Å². The minimum atomic E-state index is -0.910. The van der Waals surface area contributed by atoms with Crippen LogP contribution in [0.4, 0.5) is 5.69 Å². The number of likely N-dealkylation sites (N-methyl/N-ethyl adjacent to an activating group) is 1. The van der Waals surface area contributed by atoms with Crippen molar-refractivity contribution in [1.82, 2.24) is 9.88 Å². The molecule has 1 amide bonds. The molecule has 0 aliphatic carbocycles. The number of nitrogens with zero attached hydrogens (tertiary/aromatic N) is 2. The summed E-state index contributed by atoms with van der Waals surface area (Å²) in [5.74, 6) is -0.985. The van der Waals surface area contributed by atoms with E-state index < -0.39 is 5.97 Å². The SMILES string of the molecule is CCN(CC)CC(=O)Nc1ccccc1-c1nc(CC(=O)O)cs1. The molecule has 1 aromatic heterocycles. The Labute approximate surface area is 145 Å². The molecular weight excluding hydrogens is 326 g/mol. The molecule has 0 spiro atoms. The smallest absolute Gasteiger partial charge is 0.309 e. The number of anilines is 1. The fourth-order valence-electron chi connectivity index (χ4n) is 2.29. The van der Waals surface area contributed by atoms with Crippen LogP contribution >= 0.6 is 11.3 Å². The summed E-state index contributed by atoms with van der Waals surface area (Å²) in [5, 5.41) is 14.2. The summed E-state index contributed by atoms with van der Waals surface area (Å²) in [4.78, 5) is 29.4. The van der Waals surface area contributed by atoms with Crippen LogP contribution in [-0.2, 0) is 16.0 Å². The summed E-state index contributed by atoms with van der Waals surface area (Å²) < 4.78 is 0. The minimum absolute atomic E-state index is 0.0755. The highest BCUT2D eigenvalue weighted by Gasteiger charge is 2.14. The number of aliphatic carboxylic acids is 1. The van der Waals surface area contributed by atoms with Crippen molar-refractivity contribution in [2.75, 3.05) is 25.0 Å². The fraction of sp³-hybridized carbons (Fsp3) is 0.353. The summed E-state index contributed by atoms with van der Waals surface area (Å²) in [6.07, 6.45) is -0.104. The van der Waals surface area contributed by atoms with E-state index in [0.717, 1.165) is 18.7 Å². The highest BCUT2D eigenvalue weighted by Crippen LogP contribution is 2.30. The third-order valence-electron chi connectivity index (χ3n) is 3.58. The van der Waals surface area contributed by atoms with E-state index in [1.165, 1.54) is 11.3 Å². The summed E-state index contributed by atoms with van der Waals surface area (Å²) in [6.45, 7) is 6.01. The highest BCUT2D eigenvalue weighted by atomic mass is 32.1. The van der Waals surface area contributed by atoms with Gasteiger partial charge in [0.15, 0.2) is 0 Å². The first-order valence-corrected chi connectivity index (χ1v) is 8.69. The molecule has 24 heavy (non-hydrogen) atoms. The molecule has 7 heteroatoms. The fourth-order valence-corrected chi connectivity index (χ4v) is 3.14. The van der Waals surface area contributed by atoms with Gasteiger partial charge in [0.1, 0.15) is 5.01 Å². The number of carbonyl (C=O) groups excluding carboxylic acids is 1. The summed E-state index contributed by atoms with van der Waals surface area (Å²) in [5.41, 5.74) is 2.00. The lowest BCUT2D eigenvalue weighted by molar-refractivity contribution is -0.136. The highest BCUT2D eigenvalue weighted by molar-refractivity contribution is 7.13. The van der Waals surface area contributed by atoms with Crippen molar-refractivity contribution in [2.24, 2.45) is 0 Å². The molecule has 0 bridgehead atoms. The number of amides is 1. The van der Waals surface area contributed by atoms with Crippen molar-refractivity contribution < 1.29 is 14.7 Å². The van der Waals surface area contributed by atoms with E-state index in [4.69, 9.17) is 5.11 Å². The van der Waals surface area contributed by atoms with Crippen molar-refractivity contribution in [3.63, 3.8) is 0 Å². The summed E-state index contributed by atoms with van der Waals surface area (Å²) in [6, 6.07) is 7.42.